The van der Waals surface area contributed by atoms with Crippen molar-refractivity contribution in [1.29, 1.82) is 0 Å². The first-order valence-corrected chi connectivity index (χ1v) is 11.8. The van der Waals surface area contributed by atoms with E-state index in [1.54, 1.807) is 12.3 Å². The van der Waals surface area contributed by atoms with Crippen molar-refractivity contribution >= 4 is 45.7 Å². The number of pyridine rings is 1. The number of rotatable bonds is 4. The van der Waals surface area contributed by atoms with Crippen molar-refractivity contribution in [2.75, 3.05) is 29.9 Å². The van der Waals surface area contributed by atoms with Crippen molar-refractivity contribution in [1.82, 2.24) is 9.88 Å². The number of aromatic nitrogens is 1. The zero-order valence-corrected chi connectivity index (χ0v) is 20.3. The Kier molecular flexibility index (Phi) is 5.92. The van der Waals surface area contributed by atoms with Crippen LogP contribution in [0, 0.1) is 13.8 Å². The predicted molar refractivity (Wildman–Crippen MR) is 137 cm³/mol. The van der Waals surface area contributed by atoms with Crippen LogP contribution in [0.4, 0.5) is 17.2 Å². The van der Waals surface area contributed by atoms with Gasteiger partial charge in [0.1, 0.15) is 17.1 Å². The van der Waals surface area contributed by atoms with Gasteiger partial charge in [-0.3, -0.25) is 4.79 Å². The largest absolute Gasteiger partial charge is 0.464 e. The molecule has 0 spiro atoms. The number of carbonyl (C=O) groups excluding carboxylic acids is 1. The normalized spacial score (nSPS) is 16.2. The van der Waals surface area contributed by atoms with Gasteiger partial charge in [-0.25, -0.2) is 4.98 Å². The van der Waals surface area contributed by atoms with Gasteiger partial charge in [-0.05, 0) is 62.2 Å². The third kappa shape index (κ3) is 4.33. The highest BCUT2D eigenvalue weighted by Crippen LogP contribution is 2.29. The van der Waals surface area contributed by atoms with Crippen LogP contribution in [0.5, 0.6) is 0 Å². The summed E-state index contributed by atoms with van der Waals surface area (Å²) in [5.41, 5.74) is 5.20. The van der Waals surface area contributed by atoms with E-state index in [0.717, 1.165) is 23.2 Å². The summed E-state index contributed by atoms with van der Waals surface area (Å²) in [6.07, 6.45) is 1.61. The Balaban J connectivity index is 1.39. The minimum Gasteiger partial charge on any atom is -0.464 e. The molecule has 0 bridgehead atoms. The van der Waals surface area contributed by atoms with Crippen LogP contribution in [0.1, 0.15) is 28.5 Å². The number of nitrogens with one attached hydrogen (secondary N) is 1. The average Bonchev–Trinajstić information content (AvgIpc) is 3.30. The molecule has 1 fully saturated rings. The van der Waals surface area contributed by atoms with Crippen LogP contribution >= 0.6 is 11.6 Å². The molecule has 1 aliphatic rings. The third-order valence-electron chi connectivity index (χ3n) is 6.35. The fourth-order valence-corrected chi connectivity index (χ4v) is 4.65. The molecule has 2 aromatic heterocycles. The van der Waals surface area contributed by atoms with Crippen molar-refractivity contribution in [2.24, 2.45) is 0 Å². The van der Waals surface area contributed by atoms with Gasteiger partial charge >= 0.3 is 0 Å². The fraction of sp³-hybridized carbons (Fsp3) is 0.259. The molecule has 1 saturated heterocycles. The average molecular weight is 475 g/mol. The monoisotopic (exact) mass is 474 g/mol. The van der Waals surface area contributed by atoms with Crippen molar-refractivity contribution in [3.63, 3.8) is 0 Å². The van der Waals surface area contributed by atoms with Crippen molar-refractivity contribution in [2.45, 2.75) is 26.8 Å². The van der Waals surface area contributed by atoms with E-state index in [0.29, 0.717) is 35.2 Å². The van der Waals surface area contributed by atoms with Crippen LogP contribution in [-0.4, -0.2) is 41.5 Å². The van der Waals surface area contributed by atoms with Gasteiger partial charge in [-0.2, -0.15) is 0 Å². The lowest BCUT2D eigenvalue weighted by Crippen LogP contribution is -2.54. The lowest BCUT2D eigenvalue weighted by atomic mass is 10.1. The fourth-order valence-electron chi connectivity index (χ4n) is 4.47. The van der Waals surface area contributed by atoms with Crippen LogP contribution in [0.25, 0.3) is 11.0 Å². The van der Waals surface area contributed by atoms with E-state index >= 15 is 0 Å². The van der Waals surface area contributed by atoms with E-state index in [2.05, 4.69) is 48.3 Å². The summed E-state index contributed by atoms with van der Waals surface area (Å²) in [6.45, 7) is 8.23. The maximum absolute atomic E-state index is 13.5. The minimum atomic E-state index is -0.0981. The van der Waals surface area contributed by atoms with E-state index in [1.807, 2.05) is 36.1 Å². The number of nitrogens with zero attached hydrogens (tertiary/aromatic N) is 3. The molecule has 4 aromatic rings. The van der Waals surface area contributed by atoms with Crippen LogP contribution < -0.4 is 10.2 Å². The molecule has 2 aromatic carbocycles. The lowest BCUT2D eigenvalue weighted by Gasteiger charge is -2.41. The van der Waals surface area contributed by atoms with Crippen LogP contribution in [0.15, 0.2) is 65.3 Å². The second kappa shape index (κ2) is 9.03. The molecule has 7 heteroatoms. The number of fused-ring (bicyclic) bond motifs is 1. The molecule has 1 amide bonds. The molecular weight excluding hydrogens is 448 g/mol. The van der Waals surface area contributed by atoms with Gasteiger partial charge in [0.15, 0.2) is 0 Å². The Hall–Kier alpha value is -3.51. The lowest BCUT2D eigenvalue weighted by molar-refractivity contribution is 0.0720. The van der Waals surface area contributed by atoms with Crippen molar-refractivity contribution < 1.29 is 9.21 Å². The summed E-state index contributed by atoms with van der Waals surface area (Å²) < 4.78 is 5.64. The van der Waals surface area contributed by atoms with Gasteiger partial charge in [0.05, 0.1) is 11.6 Å². The molecule has 1 unspecified atom stereocenters. The molecule has 1 aliphatic heterocycles. The molecule has 0 radical (unpaired) electrons. The van der Waals surface area contributed by atoms with E-state index in [-0.39, 0.29) is 11.9 Å². The molecule has 174 valence electrons. The van der Waals surface area contributed by atoms with Gasteiger partial charge in [0, 0.05) is 48.1 Å². The van der Waals surface area contributed by atoms with Crippen LogP contribution in [-0.2, 0) is 0 Å². The van der Waals surface area contributed by atoms with Gasteiger partial charge in [-0.1, -0.05) is 29.8 Å². The van der Waals surface area contributed by atoms with Gasteiger partial charge in [0.25, 0.3) is 5.91 Å². The van der Waals surface area contributed by atoms with Gasteiger partial charge in [0.2, 0.25) is 0 Å². The van der Waals surface area contributed by atoms with Gasteiger partial charge in [-0.15, -0.1) is 0 Å². The van der Waals surface area contributed by atoms with Crippen molar-refractivity contribution in [3.8, 4) is 0 Å². The summed E-state index contributed by atoms with van der Waals surface area (Å²) in [7, 11) is 0. The standard InChI is InChI=1S/C27H27ClN4O2/c1-17-5-4-6-21(13-17)32-11-10-31(16-19(32)3)27(33)24-15-25-22(9-12-34-25)26(30-24)29-20-8-7-18(2)23(28)14-20/h4-9,12-15,19H,10-11,16H2,1-3H3,(H,29,30). The van der Waals surface area contributed by atoms with Crippen LogP contribution in [0.2, 0.25) is 5.02 Å². The number of hydrogen-bond acceptors (Lipinski definition) is 5. The highest BCUT2D eigenvalue weighted by atomic mass is 35.5. The Labute approximate surface area is 204 Å². The molecule has 1 N–H and O–H groups in total. The first kappa shape index (κ1) is 22.3. The Morgan fingerprint density at radius 3 is 2.74 bits per heavy atom. The molecule has 34 heavy (non-hydrogen) atoms. The van der Waals surface area contributed by atoms with E-state index in [9.17, 15) is 4.79 Å². The Morgan fingerprint density at radius 2 is 1.97 bits per heavy atom. The number of anilines is 3. The van der Waals surface area contributed by atoms with E-state index < -0.39 is 0 Å². The predicted octanol–water partition coefficient (Wildman–Crippen LogP) is 6.19. The molecule has 1 atom stereocenters. The number of furan rings is 1. The molecule has 6 nitrogen and oxygen atoms in total. The molecular formula is C27H27ClN4O2. The zero-order valence-electron chi connectivity index (χ0n) is 19.5. The van der Waals surface area contributed by atoms with Crippen LogP contribution in [0.3, 0.4) is 0 Å². The first-order valence-electron chi connectivity index (χ1n) is 11.4. The SMILES string of the molecule is Cc1cccc(N2CCN(C(=O)c3cc4occc4c(Nc4ccc(C)c(Cl)c4)n3)CC2C)c1. The number of piperazine rings is 1. The van der Waals surface area contributed by atoms with Gasteiger partial charge < -0.3 is 19.5 Å². The number of amides is 1. The molecule has 3 heterocycles. The molecule has 5 rings (SSSR count). The highest BCUT2D eigenvalue weighted by Gasteiger charge is 2.29. The number of halogens is 1. The summed E-state index contributed by atoms with van der Waals surface area (Å²) in [6, 6.07) is 18.0. The maximum atomic E-state index is 13.5. The molecule has 0 saturated carbocycles. The third-order valence-corrected chi connectivity index (χ3v) is 6.76. The highest BCUT2D eigenvalue weighted by molar-refractivity contribution is 6.31. The number of carbonyl (C=O) groups is 1. The first-order chi connectivity index (χ1) is 16.4. The second-order valence-electron chi connectivity index (χ2n) is 8.91. The Bertz CT molecular complexity index is 1370. The number of hydrogen-bond donors (Lipinski definition) is 1. The number of benzene rings is 2. The van der Waals surface area contributed by atoms with Crippen molar-refractivity contribution in [3.05, 3.63) is 82.7 Å². The zero-order chi connectivity index (χ0) is 23.8. The summed E-state index contributed by atoms with van der Waals surface area (Å²) in [5.74, 6) is 0.472. The topological polar surface area (TPSA) is 61.6 Å². The summed E-state index contributed by atoms with van der Waals surface area (Å²) in [5, 5.41) is 4.79. The quantitative estimate of drug-likeness (QED) is 0.382. The van der Waals surface area contributed by atoms with E-state index in [1.165, 1.54) is 11.3 Å². The maximum Gasteiger partial charge on any atom is 0.272 e. The minimum absolute atomic E-state index is 0.0981. The Morgan fingerprint density at radius 1 is 1.12 bits per heavy atom. The second-order valence-corrected chi connectivity index (χ2v) is 9.32. The summed E-state index contributed by atoms with van der Waals surface area (Å²) >= 11 is 6.30. The number of aryl methyl sites for hydroxylation is 2. The van der Waals surface area contributed by atoms with E-state index in [4.69, 9.17) is 21.0 Å². The molecule has 0 aliphatic carbocycles. The summed E-state index contributed by atoms with van der Waals surface area (Å²) in [4.78, 5) is 22.4. The smallest absolute Gasteiger partial charge is 0.272 e.